The lowest BCUT2D eigenvalue weighted by Crippen LogP contribution is -2.18. The fourth-order valence-corrected chi connectivity index (χ4v) is 3.70. The van der Waals surface area contributed by atoms with E-state index in [0.717, 1.165) is 0 Å². The Morgan fingerprint density at radius 3 is 2.74 bits per heavy atom. The number of aromatic nitrogens is 4. The van der Waals surface area contributed by atoms with Crippen molar-refractivity contribution in [2.45, 2.75) is 25.9 Å². The minimum Gasteiger partial charge on any atom is -0.462 e. The number of aryl methyl sites for hydroxylation is 2. The summed E-state index contributed by atoms with van der Waals surface area (Å²) in [6.07, 6.45) is 0. The first kappa shape index (κ1) is 19.1. The second-order valence-corrected chi connectivity index (χ2v) is 7.62. The van der Waals surface area contributed by atoms with Crippen LogP contribution in [-0.2, 0) is 14.8 Å². The normalized spacial score (nSPS) is 11.6. The first-order chi connectivity index (χ1) is 12.7. The molecule has 0 atom stereocenters. The molecule has 1 aromatic carbocycles. The van der Waals surface area contributed by atoms with Crippen LogP contribution in [0.5, 0.6) is 0 Å². The van der Waals surface area contributed by atoms with Gasteiger partial charge in [-0.25, -0.2) is 14.3 Å². The van der Waals surface area contributed by atoms with Crippen molar-refractivity contribution in [1.29, 1.82) is 0 Å². The van der Waals surface area contributed by atoms with E-state index in [2.05, 4.69) is 19.8 Å². The Morgan fingerprint density at radius 2 is 2.04 bits per heavy atom. The molecular weight excluding hydrogens is 394 g/mol. The van der Waals surface area contributed by atoms with E-state index in [1.807, 2.05) is 0 Å². The van der Waals surface area contributed by atoms with Crippen LogP contribution in [0.4, 0.5) is 5.69 Å². The predicted molar refractivity (Wildman–Crippen MR) is 98.5 cm³/mol. The SMILES string of the molecule is CCOC(=O)c1cccc(Cl)c1NS(=O)(=O)c1nc2nc(C)cc(C)n2n1. The fraction of sp³-hybridized carbons (Fsp3) is 0.250. The van der Waals surface area contributed by atoms with Gasteiger partial charge < -0.3 is 4.74 Å². The van der Waals surface area contributed by atoms with Crippen LogP contribution in [0.15, 0.2) is 29.4 Å². The highest BCUT2D eigenvalue weighted by Crippen LogP contribution is 2.28. The van der Waals surface area contributed by atoms with Gasteiger partial charge >= 0.3 is 5.97 Å². The Bertz CT molecular complexity index is 1140. The van der Waals surface area contributed by atoms with Crippen LogP contribution < -0.4 is 4.72 Å². The fourth-order valence-electron chi connectivity index (χ4n) is 2.45. The quantitative estimate of drug-likeness (QED) is 0.643. The maximum absolute atomic E-state index is 12.8. The van der Waals surface area contributed by atoms with Crippen LogP contribution in [-0.4, -0.2) is 40.6 Å². The maximum Gasteiger partial charge on any atom is 0.340 e. The van der Waals surface area contributed by atoms with E-state index in [1.165, 1.54) is 22.7 Å². The molecule has 0 aliphatic rings. The number of anilines is 1. The van der Waals surface area contributed by atoms with Crippen molar-refractivity contribution in [2.24, 2.45) is 0 Å². The number of hydrogen-bond donors (Lipinski definition) is 1. The minimum atomic E-state index is -4.22. The molecule has 142 valence electrons. The van der Waals surface area contributed by atoms with E-state index in [0.29, 0.717) is 11.4 Å². The number of nitrogens with zero attached hydrogens (tertiary/aromatic N) is 4. The highest BCUT2D eigenvalue weighted by Gasteiger charge is 2.26. The number of benzene rings is 1. The van der Waals surface area contributed by atoms with E-state index in [9.17, 15) is 13.2 Å². The topological polar surface area (TPSA) is 116 Å². The number of halogens is 1. The van der Waals surface area contributed by atoms with Gasteiger partial charge in [0, 0.05) is 11.4 Å². The number of rotatable bonds is 5. The van der Waals surface area contributed by atoms with Crippen LogP contribution >= 0.6 is 11.6 Å². The Hall–Kier alpha value is -2.72. The van der Waals surface area contributed by atoms with Crippen LogP contribution in [0.25, 0.3) is 5.78 Å². The summed E-state index contributed by atoms with van der Waals surface area (Å²) in [5.41, 5.74) is 1.25. The summed E-state index contributed by atoms with van der Waals surface area (Å²) >= 11 is 6.10. The lowest BCUT2D eigenvalue weighted by molar-refractivity contribution is 0.0527. The molecule has 0 aliphatic heterocycles. The van der Waals surface area contributed by atoms with Gasteiger partial charge in [-0.15, -0.1) is 5.10 Å². The van der Waals surface area contributed by atoms with Crippen LogP contribution in [0, 0.1) is 13.8 Å². The first-order valence-electron chi connectivity index (χ1n) is 7.92. The van der Waals surface area contributed by atoms with E-state index < -0.39 is 21.1 Å². The third-order valence-electron chi connectivity index (χ3n) is 3.58. The van der Waals surface area contributed by atoms with Gasteiger partial charge in [0.05, 0.1) is 22.9 Å². The molecule has 0 saturated heterocycles. The van der Waals surface area contributed by atoms with Gasteiger partial charge in [-0.2, -0.15) is 13.4 Å². The molecular formula is C16H16ClN5O4S. The summed E-state index contributed by atoms with van der Waals surface area (Å²) in [4.78, 5) is 20.2. The number of para-hydroxylation sites is 1. The molecule has 0 amide bonds. The summed E-state index contributed by atoms with van der Waals surface area (Å²) in [5, 5.41) is 3.55. The van der Waals surface area contributed by atoms with E-state index in [-0.39, 0.29) is 28.7 Å². The van der Waals surface area contributed by atoms with Crippen molar-refractivity contribution in [3.8, 4) is 0 Å². The minimum absolute atomic E-state index is 0.0122. The van der Waals surface area contributed by atoms with Crippen molar-refractivity contribution in [2.75, 3.05) is 11.3 Å². The van der Waals surface area contributed by atoms with Crippen LogP contribution in [0.2, 0.25) is 5.02 Å². The summed E-state index contributed by atoms with van der Waals surface area (Å²) in [6.45, 7) is 5.30. The average molecular weight is 410 g/mol. The monoisotopic (exact) mass is 409 g/mol. The zero-order chi connectivity index (χ0) is 19.8. The third-order valence-corrected chi connectivity index (χ3v) is 5.03. The lowest BCUT2D eigenvalue weighted by Gasteiger charge is -2.11. The molecule has 3 aromatic rings. The van der Waals surface area contributed by atoms with Gasteiger partial charge in [-0.05, 0) is 39.0 Å². The van der Waals surface area contributed by atoms with Gasteiger partial charge in [0.1, 0.15) is 0 Å². The third kappa shape index (κ3) is 3.71. The molecule has 2 heterocycles. The summed E-state index contributed by atoms with van der Waals surface area (Å²) in [5.74, 6) is -0.550. The van der Waals surface area contributed by atoms with Crippen molar-refractivity contribution < 1.29 is 17.9 Å². The van der Waals surface area contributed by atoms with Crippen molar-refractivity contribution in [1.82, 2.24) is 19.6 Å². The van der Waals surface area contributed by atoms with Crippen LogP contribution in [0.1, 0.15) is 28.7 Å². The number of fused-ring (bicyclic) bond motifs is 1. The molecule has 3 rings (SSSR count). The van der Waals surface area contributed by atoms with Gasteiger partial charge in [0.2, 0.25) is 0 Å². The Kier molecular flexibility index (Phi) is 5.03. The van der Waals surface area contributed by atoms with E-state index >= 15 is 0 Å². The van der Waals surface area contributed by atoms with Gasteiger partial charge in [0.25, 0.3) is 21.0 Å². The van der Waals surface area contributed by atoms with Gasteiger partial charge in [0.15, 0.2) is 0 Å². The number of hydrogen-bond acceptors (Lipinski definition) is 7. The molecule has 11 heteroatoms. The molecule has 0 bridgehead atoms. The smallest absolute Gasteiger partial charge is 0.340 e. The molecule has 0 spiro atoms. The molecule has 27 heavy (non-hydrogen) atoms. The number of sulfonamides is 1. The summed E-state index contributed by atoms with van der Waals surface area (Å²) in [7, 11) is -4.22. The van der Waals surface area contributed by atoms with Crippen molar-refractivity contribution in [3.63, 3.8) is 0 Å². The molecule has 0 radical (unpaired) electrons. The number of carbonyl (C=O) groups is 1. The average Bonchev–Trinajstić information content (AvgIpc) is 3.02. The lowest BCUT2D eigenvalue weighted by atomic mass is 10.2. The molecule has 9 nitrogen and oxygen atoms in total. The molecule has 1 N–H and O–H groups in total. The van der Waals surface area contributed by atoms with Crippen molar-refractivity contribution >= 4 is 39.1 Å². The Morgan fingerprint density at radius 1 is 1.30 bits per heavy atom. The second-order valence-electron chi connectivity index (χ2n) is 5.63. The largest absolute Gasteiger partial charge is 0.462 e. The molecule has 2 aromatic heterocycles. The highest BCUT2D eigenvalue weighted by atomic mass is 35.5. The standard InChI is InChI=1S/C16H16ClN5O4S/c1-4-26-14(23)11-6-5-7-12(17)13(11)21-27(24,25)16-19-15-18-9(2)8-10(3)22(15)20-16/h5-8,21H,4H2,1-3H3. The summed E-state index contributed by atoms with van der Waals surface area (Å²) < 4.78 is 34.1. The van der Waals surface area contributed by atoms with Crippen LogP contribution in [0.3, 0.4) is 0 Å². The second kappa shape index (κ2) is 7.12. The number of carbonyl (C=O) groups excluding carboxylic acids is 1. The molecule has 0 unspecified atom stereocenters. The van der Waals surface area contributed by atoms with Gasteiger partial charge in [-0.1, -0.05) is 17.7 Å². The predicted octanol–water partition coefficient (Wildman–Crippen LogP) is 2.37. The van der Waals surface area contributed by atoms with Crippen molar-refractivity contribution in [3.05, 3.63) is 46.2 Å². The van der Waals surface area contributed by atoms with E-state index in [1.54, 1.807) is 26.8 Å². The number of esters is 1. The molecule has 0 fully saturated rings. The maximum atomic E-state index is 12.8. The number of nitrogens with one attached hydrogen (secondary N) is 1. The van der Waals surface area contributed by atoms with E-state index in [4.69, 9.17) is 16.3 Å². The Balaban J connectivity index is 2.05. The first-order valence-corrected chi connectivity index (χ1v) is 9.78. The Labute approximate surface area is 160 Å². The number of ether oxygens (including phenoxy) is 1. The van der Waals surface area contributed by atoms with Gasteiger partial charge in [-0.3, -0.25) is 4.72 Å². The zero-order valence-corrected chi connectivity index (χ0v) is 16.3. The molecule has 0 saturated carbocycles. The summed E-state index contributed by atoms with van der Waals surface area (Å²) in [6, 6.07) is 6.13. The zero-order valence-electron chi connectivity index (χ0n) is 14.7. The highest BCUT2D eigenvalue weighted by molar-refractivity contribution is 7.92. The molecule has 0 aliphatic carbocycles.